The average molecular weight is 637 g/mol. The number of para-hydroxylation sites is 1. The summed E-state index contributed by atoms with van der Waals surface area (Å²) < 4.78 is 25.0. The molecule has 6 rings (SSSR count). The quantitative estimate of drug-likeness (QED) is 0.176. The van der Waals surface area contributed by atoms with Crippen molar-refractivity contribution < 1.29 is 18.9 Å². The number of methoxy groups -OCH3 is 1. The molecule has 0 saturated heterocycles. The minimum Gasteiger partial charge on any atom is -0.493 e. The molecule has 9 heteroatoms. The molecule has 0 radical (unpaired) electrons. The largest absolute Gasteiger partial charge is 0.493 e. The van der Waals surface area contributed by atoms with E-state index in [9.17, 15) is 4.79 Å². The molecule has 200 valence electrons. The van der Waals surface area contributed by atoms with E-state index in [1.807, 2.05) is 48.5 Å². The number of ether oxygens (including phenoxy) is 4. The number of rotatable bonds is 7. The third-order valence-corrected chi connectivity index (χ3v) is 7.94. The van der Waals surface area contributed by atoms with E-state index in [1.54, 1.807) is 19.4 Å². The average Bonchev–Trinajstić information content (AvgIpc) is 3.44. The second-order valence-electron chi connectivity index (χ2n) is 9.69. The van der Waals surface area contributed by atoms with E-state index in [0.717, 1.165) is 63.2 Å². The molecule has 8 nitrogen and oxygen atoms in total. The predicted molar refractivity (Wildman–Crippen MR) is 157 cm³/mol. The Bertz CT molecular complexity index is 1610. The van der Waals surface area contributed by atoms with Crippen LogP contribution in [0.1, 0.15) is 55.0 Å². The van der Waals surface area contributed by atoms with Gasteiger partial charge < -0.3 is 18.9 Å². The van der Waals surface area contributed by atoms with Gasteiger partial charge in [0.05, 0.1) is 27.8 Å². The van der Waals surface area contributed by atoms with Crippen LogP contribution in [-0.4, -0.2) is 29.8 Å². The van der Waals surface area contributed by atoms with Gasteiger partial charge in [-0.2, -0.15) is 9.78 Å². The van der Waals surface area contributed by atoms with Crippen LogP contribution < -0.4 is 24.5 Å². The summed E-state index contributed by atoms with van der Waals surface area (Å²) in [6.07, 6.45) is 7.22. The zero-order valence-electron chi connectivity index (χ0n) is 21.6. The van der Waals surface area contributed by atoms with Crippen molar-refractivity contribution in [1.29, 1.82) is 0 Å². The van der Waals surface area contributed by atoms with Gasteiger partial charge in [0.1, 0.15) is 12.4 Å². The van der Waals surface area contributed by atoms with Gasteiger partial charge in [0.2, 0.25) is 6.79 Å². The number of nitrogens with zero attached hydrogens (tertiary/aromatic N) is 3. The SMILES string of the molecule is COc1cc(C=Nn2c(C3CCCCC3)nc3ccccc3c2=O)cc(I)c1OCc1ccc2c(c1)OCO2. The van der Waals surface area contributed by atoms with Crippen LogP contribution in [0.15, 0.2) is 64.5 Å². The number of fused-ring (bicyclic) bond motifs is 2. The first kappa shape index (κ1) is 25.7. The third-order valence-electron chi connectivity index (χ3n) is 7.14. The van der Waals surface area contributed by atoms with Crippen molar-refractivity contribution in [3.05, 3.63) is 85.5 Å². The van der Waals surface area contributed by atoms with Crippen LogP contribution in [0.4, 0.5) is 0 Å². The fraction of sp³-hybridized carbons (Fsp3) is 0.300. The Morgan fingerprint density at radius 3 is 2.74 bits per heavy atom. The van der Waals surface area contributed by atoms with Crippen molar-refractivity contribution in [1.82, 2.24) is 9.66 Å². The van der Waals surface area contributed by atoms with E-state index in [0.29, 0.717) is 23.5 Å². The van der Waals surface area contributed by atoms with Crippen LogP contribution in [0, 0.1) is 3.57 Å². The molecule has 1 aromatic heterocycles. The molecule has 0 atom stereocenters. The van der Waals surface area contributed by atoms with Crippen molar-refractivity contribution >= 4 is 39.7 Å². The van der Waals surface area contributed by atoms with Crippen LogP contribution in [0.5, 0.6) is 23.0 Å². The van der Waals surface area contributed by atoms with Crippen LogP contribution in [0.25, 0.3) is 10.9 Å². The van der Waals surface area contributed by atoms with Gasteiger partial charge in [-0.1, -0.05) is 37.5 Å². The maximum Gasteiger partial charge on any atom is 0.282 e. The Balaban J connectivity index is 1.30. The predicted octanol–water partition coefficient (Wildman–Crippen LogP) is 6.25. The number of halogens is 1. The molecule has 2 heterocycles. The highest BCUT2D eigenvalue weighted by molar-refractivity contribution is 14.1. The van der Waals surface area contributed by atoms with Crippen LogP contribution in [-0.2, 0) is 6.61 Å². The maximum absolute atomic E-state index is 13.5. The highest BCUT2D eigenvalue weighted by Gasteiger charge is 2.22. The van der Waals surface area contributed by atoms with Gasteiger partial charge in [0.15, 0.2) is 23.0 Å². The van der Waals surface area contributed by atoms with Crippen molar-refractivity contribution in [2.75, 3.05) is 13.9 Å². The molecule has 1 aliphatic heterocycles. The Hall–Kier alpha value is -3.60. The minimum atomic E-state index is -0.150. The molecule has 1 fully saturated rings. The monoisotopic (exact) mass is 637 g/mol. The molecule has 0 unspecified atom stereocenters. The van der Waals surface area contributed by atoms with E-state index in [2.05, 4.69) is 27.7 Å². The Morgan fingerprint density at radius 1 is 1.08 bits per heavy atom. The standard InChI is InChI=1S/C30H28IN3O5/c1-36-27-15-20(13-23(31)28(27)37-17-19-11-12-25-26(14-19)39-18-38-25)16-32-34-29(21-7-3-2-4-8-21)33-24-10-6-5-9-22(24)30(34)35/h5-6,9-16,21H,2-4,7-8,17-18H2,1H3. The number of hydrogen-bond acceptors (Lipinski definition) is 7. The number of hydrogen-bond donors (Lipinski definition) is 0. The molecule has 2 aliphatic rings. The number of benzene rings is 3. The van der Waals surface area contributed by atoms with Crippen molar-refractivity contribution in [3.8, 4) is 23.0 Å². The third kappa shape index (κ3) is 5.32. The smallest absolute Gasteiger partial charge is 0.282 e. The van der Waals surface area contributed by atoms with Gasteiger partial charge >= 0.3 is 0 Å². The lowest BCUT2D eigenvalue weighted by molar-refractivity contribution is 0.174. The summed E-state index contributed by atoms with van der Waals surface area (Å²) in [5, 5.41) is 5.23. The molecular weight excluding hydrogens is 609 g/mol. The zero-order chi connectivity index (χ0) is 26.8. The molecular formula is C30H28IN3O5. The van der Waals surface area contributed by atoms with Gasteiger partial charge in [-0.15, -0.1) is 0 Å². The summed E-state index contributed by atoms with van der Waals surface area (Å²) >= 11 is 2.23. The topological polar surface area (TPSA) is 84.2 Å². The van der Waals surface area contributed by atoms with Gasteiger partial charge in [0.25, 0.3) is 5.56 Å². The first-order chi connectivity index (χ1) is 19.1. The fourth-order valence-electron chi connectivity index (χ4n) is 5.14. The highest BCUT2D eigenvalue weighted by Crippen LogP contribution is 2.36. The Labute approximate surface area is 239 Å². The van der Waals surface area contributed by atoms with Crippen molar-refractivity contribution in [2.45, 2.75) is 44.6 Å². The lowest BCUT2D eigenvalue weighted by Gasteiger charge is -2.22. The Kier molecular flexibility index (Phi) is 7.40. The lowest BCUT2D eigenvalue weighted by atomic mass is 9.88. The van der Waals surface area contributed by atoms with Crippen LogP contribution in [0.2, 0.25) is 0 Å². The maximum atomic E-state index is 13.5. The van der Waals surface area contributed by atoms with E-state index in [-0.39, 0.29) is 18.3 Å². The zero-order valence-corrected chi connectivity index (χ0v) is 23.7. The van der Waals surface area contributed by atoms with Crippen LogP contribution >= 0.6 is 22.6 Å². The van der Waals surface area contributed by atoms with Crippen LogP contribution in [0.3, 0.4) is 0 Å². The van der Waals surface area contributed by atoms with Gasteiger partial charge in [0, 0.05) is 5.92 Å². The number of aromatic nitrogens is 2. The van der Waals surface area contributed by atoms with E-state index in [4.69, 9.17) is 23.9 Å². The summed E-state index contributed by atoms with van der Waals surface area (Å²) in [7, 11) is 1.61. The summed E-state index contributed by atoms with van der Waals surface area (Å²) in [4.78, 5) is 18.4. The van der Waals surface area contributed by atoms with Gasteiger partial charge in [-0.05, 0) is 83.0 Å². The van der Waals surface area contributed by atoms with Crippen molar-refractivity contribution in [2.24, 2.45) is 5.10 Å². The Morgan fingerprint density at radius 2 is 1.90 bits per heavy atom. The van der Waals surface area contributed by atoms with E-state index in [1.165, 1.54) is 11.1 Å². The van der Waals surface area contributed by atoms with E-state index >= 15 is 0 Å². The van der Waals surface area contributed by atoms with Gasteiger partial charge in [-0.3, -0.25) is 4.79 Å². The van der Waals surface area contributed by atoms with Gasteiger partial charge in [-0.25, -0.2) is 4.98 Å². The van der Waals surface area contributed by atoms with Crippen molar-refractivity contribution in [3.63, 3.8) is 0 Å². The second-order valence-corrected chi connectivity index (χ2v) is 10.9. The molecule has 0 spiro atoms. The summed E-state index contributed by atoms with van der Waals surface area (Å²) in [6, 6.07) is 17.0. The summed E-state index contributed by atoms with van der Waals surface area (Å²) in [5.74, 6) is 3.63. The molecule has 4 aromatic rings. The molecule has 1 aliphatic carbocycles. The highest BCUT2D eigenvalue weighted by atomic mass is 127. The molecule has 3 aromatic carbocycles. The minimum absolute atomic E-state index is 0.150. The first-order valence-corrected chi connectivity index (χ1v) is 14.1. The molecule has 0 amide bonds. The lowest BCUT2D eigenvalue weighted by Crippen LogP contribution is -2.25. The molecule has 1 saturated carbocycles. The van der Waals surface area contributed by atoms with E-state index < -0.39 is 0 Å². The normalized spacial score (nSPS) is 15.2. The molecule has 39 heavy (non-hydrogen) atoms. The summed E-state index contributed by atoms with van der Waals surface area (Å²) in [6.45, 7) is 0.581. The summed E-state index contributed by atoms with van der Waals surface area (Å²) in [5.41, 5.74) is 2.32. The first-order valence-electron chi connectivity index (χ1n) is 13.1. The fourth-order valence-corrected chi connectivity index (χ4v) is 5.92. The molecule has 0 N–H and O–H groups in total. The molecule has 0 bridgehead atoms. The second kappa shape index (κ2) is 11.3.